The highest BCUT2D eigenvalue weighted by atomic mass is 16.5. The summed E-state index contributed by atoms with van der Waals surface area (Å²) < 4.78 is 10.9. The van der Waals surface area contributed by atoms with Crippen LogP contribution in [0.4, 0.5) is 0 Å². The van der Waals surface area contributed by atoms with Crippen molar-refractivity contribution in [2.75, 3.05) is 6.54 Å². The fourth-order valence-corrected chi connectivity index (χ4v) is 6.17. The van der Waals surface area contributed by atoms with Gasteiger partial charge in [0.05, 0.1) is 28.6 Å². The Hall–Kier alpha value is -5.35. The van der Waals surface area contributed by atoms with Gasteiger partial charge in [-0.1, -0.05) is 104 Å². The predicted octanol–water partition coefficient (Wildman–Crippen LogP) is 8.91. The lowest BCUT2D eigenvalue weighted by Crippen LogP contribution is -2.16. The number of aliphatic imine (C=N–C) groups is 1. The lowest BCUT2D eigenvalue weighted by atomic mass is 9.99. The standard InChI is InChI=1S/C36H25N3O/c1-24-14-4-3-13-23-37-36(40-24)39-31-22-12-10-20-29(31)33-34(39)27-18-8-7-17-26(27)32-28-19-9-11-21-30(28)38(35(32)33)25-15-5-2-6-16-25/h2-22H,1,23H2/b13-3-,14-4-,37-36?. The first-order chi connectivity index (χ1) is 19.8. The highest BCUT2D eigenvalue weighted by Gasteiger charge is 2.25. The number of hydrogen-bond donors (Lipinski definition) is 0. The molecule has 4 nitrogen and oxygen atoms in total. The van der Waals surface area contributed by atoms with E-state index in [1.54, 1.807) is 0 Å². The third-order valence-corrected chi connectivity index (χ3v) is 7.73. The molecule has 0 amide bonds. The van der Waals surface area contributed by atoms with Gasteiger partial charge in [0, 0.05) is 32.6 Å². The molecule has 0 radical (unpaired) electrons. The lowest BCUT2D eigenvalue weighted by molar-refractivity contribution is 0.418. The second-order valence-corrected chi connectivity index (χ2v) is 10.0. The number of ether oxygens (including phenoxy) is 1. The highest BCUT2D eigenvalue weighted by molar-refractivity contribution is 6.37. The number of fused-ring (bicyclic) bond motifs is 10. The molecular weight excluding hydrogens is 490 g/mol. The average molecular weight is 516 g/mol. The first-order valence-corrected chi connectivity index (χ1v) is 13.5. The molecule has 2 aromatic heterocycles. The van der Waals surface area contributed by atoms with Crippen molar-refractivity contribution in [3.05, 3.63) is 140 Å². The summed E-state index contributed by atoms with van der Waals surface area (Å²) in [7, 11) is 0. The topological polar surface area (TPSA) is 31.4 Å². The highest BCUT2D eigenvalue weighted by Crippen LogP contribution is 2.45. The van der Waals surface area contributed by atoms with Crippen LogP contribution in [0.2, 0.25) is 0 Å². The SMILES string of the molecule is C=C1/C=C\C=C/CN=C(n2c3ccccc3c3c2c2ccccc2c2c4ccccc4n(-c4ccccc4)c23)O1. The van der Waals surface area contributed by atoms with Gasteiger partial charge in [0.15, 0.2) is 0 Å². The van der Waals surface area contributed by atoms with Crippen LogP contribution in [0.15, 0.2) is 145 Å². The maximum absolute atomic E-state index is 6.35. The molecule has 190 valence electrons. The second-order valence-electron chi connectivity index (χ2n) is 10.0. The number of rotatable bonds is 1. The average Bonchev–Trinajstić information content (AvgIpc) is 3.55. The van der Waals surface area contributed by atoms with Crippen molar-refractivity contribution >= 4 is 60.4 Å². The van der Waals surface area contributed by atoms with Crippen molar-refractivity contribution in [2.24, 2.45) is 4.99 Å². The Labute approximate surface area is 231 Å². The lowest BCUT2D eigenvalue weighted by Gasteiger charge is -2.14. The molecule has 1 aliphatic heterocycles. The van der Waals surface area contributed by atoms with Crippen LogP contribution in [0, 0.1) is 0 Å². The minimum absolute atomic E-state index is 0.505. The third-order valence-electron chi connectivity index (χ3n) is 7.73. The fraction of sp³-hybridized carbons (Fsp3) is 0.0278. The smallest absolute Gasteiger partial charge is 0.302 e. The molecule has 3 heterocycles. The number of nitrogens with zero attached hydrogens (tertiary/aromatic N) is 3. The van der Waals surface area contributed by atoms with Gasteiger partial charge in [-0.25, -0.2) is 4.99 Å². The van der Waals surface area contributed by atoms with Gasteiger partial charge in [0.1, 0.15) is 5.76 Å². The fourth-order valence-electron chi connectivity index (χ4n) is 6.17. The largest absolute Gasteiger partial charge is 0.426 e. The summed E-state index contributed by atoms with van der Waals surface area (Å²) in [6, 6.07) is 37.1. The summed E-state index contributed by atoms with van der Waals surface area (Å²) in [6.45, 7) is 4.64. The van der Waals surface area contributed by atoms with Crippen molar-refractivity contribution in [1.29, 1.82) is 0 Å². The van der Waals surface area contributed by atoms with Gasteiger partial charge >= 0.3 is 6.02 Å². The molecule has 0 bridgehead atoms. The van der Waals surface area contributed by atoms with Gasteiger partial charge in [0.25, 0.3) is 0 Å². The van der Waals surface area contributed by atoms with Crippen LogP contribution < -0.4 is 0 Å². The van der Waals surface area contributed by atoms with E-state index in [1.807, 2.05) is 24.3 Å². The quantitative estimate of drug-likeness (QED) is 0.215. The summed E-state index contributed by atoms with van der Waals surface area (Å²) >= 11 is 0. The summed E-state index contributed by atoms with van der Waals surface area (Å²) in [4.78, 5) is 4.91. The van der Waals surface area contributed by atoms with Gasteiger partial charge in [-0.3, -0.25) is 4.57 Å². The van der Waals surface area contributed by atoms with Crippen LogP contribution in [-0.2, 0) is 4.74 Å². The first kappa shape index (κ1) is 22.6. The molecule has 1 aliphatic rings. The van der Waals surface area contributed by atoms with E-state index < -0.39 is 0 Å². The van der Waals surface area contributed by atoms with Gasteiger partial charge in [-0.05, 0) is 35.7 Å². The monoisotopic (exact) mass is 515 g/mol. The Bertz CT molecular complexity index is 2230. The normalized spacial score (nSPS) is 15.7. The van der Waals surface area contributed by atoms with E-state index in [4.69, 9.17) is 9.73 Å². The molecule has 4 heteroatoms. The number of allylic oxidation sites excluding steroid dienone is 3. The number of aromatic nitrogens is 2. The van der Waals surface area contributed by atoms with E-state index in [2.05, 4.69) is 119 Å². The van der Waals surface area contributed by atoms with E-state index in [-0.39, 0.29) is 0 Å². The van der Waals surface area contributed by atoms with E-state index in [1.165, 1.54) is 32.6 Å². The zero-order chi connectivity index (χ0) is 26.6. The zero-order valence-corrected chi connectivity index (χ0v) is 21.8. The van der Waals surface area contributed by atoms with Crippen molar-refractivity contribution in [2.45, 2.75) is 0 Å². The first-order valence-electron chi connectivity index (χ1n) is 13.5. The minimum Gasteiger partial charge on any atom is -0.426 e. The van der Waals surface area contributed by atoms with E-state index in [0.29, 0.717) is 18.3 Å². The molecule has 0 unspecified atom stereocenters. The summed E-state index contributed by atoms with van der Waals surface area (Å²) in [6.07, 6.45) is 7.80. The molecule has 40 heavy (non-hydrogen) atoms. The van der Waals surface area contributed by atoms with Crippen molar-refractivity contribution in [3.63, 3.8) is 0 Å². The Morgan fingerprint density at radius 3 is 2.00 bits per heavy atom. The van der Waals surface area contributed by atoms with Crippen molar-refractivity contribution in [3.8, 4) is 5.69 Å². The molecule has 0 N–H and O–H groups in total. The van der Waals surface area contributed by atoms with Gasteiger partial charge in [-0.2, -0.15) is 0 Å². The minimum atomic E-state index is 0.505. The van der Waals surface area contributed by atoms with Crippen LogP contribution in [0.25, 0.3) is 60.1 Å². The molecule has 0 spiro atoms. The summed E-state index contributed by atoms with van der Waals surface area (Å²) in [5, 5.41) is 7.15. The summed E-state index contributed by atoms with van der Waals surface area (Å²) in [5.74, 6) is 0.542. The molecule has 5 aromatic carbocycles. The summed E-state index contributed by atoms with van der Waals surface area (Å²) in [5.41, 5.74) is 5.60. The van der Waals surface area contributed by atoms with Gasteiger partial charge < -0.3 is 9.30 Å². The maximum atomic E-state index is 6.35. The molecular formula is C36H25N3O. The van der Waals surface area contributed by atoms with Crippen LogP contribution in [0.3, 0.4) is 0 Å². The van der Waals surface area contributed by atoms with Crippen LogP contribution in [0.1, 0.15) is 0 Å². The zero-order valence-electron chi connectivity index (χ0n) is 21.8. The molecule has 0 fully saturated rings. The Kier molecular flexibility index (Phi) is 5.01. The van der Waals surface area contributed by atoms with Gasteiger partial charge in [-0.15, -0.1) is 0 Å². The van der Waals surface area contributed by atoms with Crippen molar-refractivity contribution in [1.82, 2.24) is 9.13 Å². The molecule has 0 saturated heterocycles. The van der Waals surface area contributed by atoms with Crippen LogP contribution >= 0.6 is 0 Å². The number of hydrogen-bond acceptors (Lipinski definition) is 2. The van der Waals surface area contributed by atoms with E-state index >= 15 is 0 Å². The number of benzene rings is 5. The van der Waals surface area contributed by atoms with E-state index in [9.17, 15) is 0 Å². The molecule has 8 rings (SSSR count). The Balaban J connectivity index is 1.67. The van der Waals surface area contributed by atoms with Crippen LogP contribution in [0.5, 0.6) is 0 Å². The van der Waals surface area contributed by atoms with Gasteiger partial charge in [0.2, 0.25) is 0 Å². The van der Waals surface area contributed by atoms with E-state index in [0.717, 1.165) is 27.5 Å². The molecule has 0 aliphatic carbocycles. The third kappa shape index (κ3) is 3.23. The van der Waals surface area contributed by atoms with Crippen LogP contribution in [-0.4, -0.2) is 21.7 Å². The molecule has 0 atom stereocenters. The molecule has 7 aromatic rings. The molecule has 0 saturated carbocycles. The number of para-hydroxylation sites is 3. The Morgan fingerprint density at radius 2 is 1.23 bits per heavy atom. The second kappa shape index (κ2) is 8.85. The maximum Gasteiger partial charge on any atom is 0.302 e. The van der Waals surface area contributed by atoms with Crippen molar-refractivity contribution < 1.29 is 4.74 Å². The Morgan fingerprint density at radius 1 is 0.600 bits per heavy atom. The predicted molar refractivity (Wildman–Crippen MR) is 167 cm³/mol.